The second kappa shape index (κ2) is 4.49. The van der Waals surface area contributed by atoms with Crippen molar-refractivity contribution in [1.29, 1.82) is 0 Å². The van der Waals surface area contributed by atoms with Gasteiger partial charge in [-0.3, -0.25) is 4.79 Å². The van der Waals surface area contributed by atoms with Crippen molar-refractivity contribution < 1.29 is 14.6 Å². The van der Waals surface area contributed by atoms with Gasteiger partial charge in [-0.2, -0.15) is 0 Å². The number of hydrogen-bond acceptors (Lipinski definition) is 3. The number of rotatable bonds is 1. The molecule has 1 saturated heterocycles. The Balaban J connectivity index is 2.36. The molecular formula is C10H9Cl2NO3. The average Bonchev–Trinajstić information content (AvgIpc) is 2.26. The molecule has 0 spiro atoms. The molecule has 0 saturated carbocycles. The van der Waals surface area contributed by atoms with Crippen LogP contribution in [0.2, 0.25) is 10.0 Å². The number of halogens is 2. The second-order valence-electron chi connectivity index (χ2n) is 3.36. The van der Waals surface area contributed by atoms with Crippen molar-refractivity contribution in [3.8, 4) is 5.75 Å². The highest BCUT2D eigenvalue weighted by Crippen LogP contribution is 2.36. The summed E-state index contributed by atoms with van der Waals surface area (Å²) in [6.07, 6.45) is 0. The van der Waals surface area contributed by atoms with Crippen LogP contribution < -0.4 is 4.90 Å². The van der Waals surface area contributed by atoms with E-state index < -0.39 is 0 Å². The monoisotopic (exact) mass is 261 g/mol. The second-order valence-corrected chi connectivity index (χ2v) is 4.17. The summed E-state index contributed by atoms with van der Waals surface area (Å²) in [6.45, 7) is 0.980. The molecule has 16 heavy (non-hydrogen) atoms. The first kappa shape index (κ1) is 11.5. The SMILES string of the molecule is O=C1COCCN1c1cc(Cl)c(O)c(Cl)c1. The number of nitrogens with zero attached hydrogens (tertiary/aromatic N) is 1. The fourth-order valence-electron chi connectivity index (χ4n) is 1.50. The number of phenols is 1. The molecule has 2 rings (SSSR count). The molecule has 6 heteroatoms. The third kappa shape index (κ3) is 2.09. The minimum Gasteiger partial charge on any atom is -0.505 e. The number of hydrogen-bond donors (Lipinski definition) is 1. The topological polar surface area (TPSA) is 49.8 Å². The first-order valence-electron chi connectivity index (χ1n) is 4.65. The van der Waals surface area contributed by atoms with E-state index in [9.17, 15) is 9.90 Å². The van der Waals surface area contributed by atoms with Crippen molar-refractivity contribution in [3.63, 3.8) is 0 Å². The van der Waals surface area contributed by atoms with Crippen LogP contribution in [0.5, 0.6) is 5.75 Å². The summed E-state index contributed by atoms with van der Waals surface area (Å²) in [5.41, 5.74) is 0.570. The number of morpholine rings is 1. The number of phenolic OH excluding ortho intramolecular Hbond substituents is 1. The molecule has 1 aliphatic rings. The van der Waals surface area contributed by atoms with Gasteiger partial charge in [0.2, 0.25) is 0 Å². The molecule has 1 amide bonds. The van der Waals surface area contributed by atoms with E-state index in [1.54, 1.807) is 0 Å². The molecule has 0 atom stereocenters. The third-order valence-electron chi connectivity index (χ3n) is 2.30. The van der Waals surface area contributed by atoms with E-state index in [0.29, 0.717) is 18.8 Å². The zero-order valence-electron chi connectivity index (χ0n) is 8.24. The smallest absolute Gasteiger partial charge is 0.253 e. The van der Waals surface area contributed by atoms with Gasteiger partial charge in [-0.25, -0.2) is 0 Å². The summed E-state index contributed by atoms with van der Waals surface area (Å²) in [5.74, 6) is -0.322. The van der Waals surface area contributed by atoms with Gasteiger partial charge in [0.15, 0.2) is 5.75 Å². The number of ether oxygens (including phenoxy) is 1. The molecule has 1 fully saturated rings. The molecule has 0 aromatic heterocycles. The van der Waals surface area contributed by atoms with E-state index >= 15 is 0 Å². The molecule has 0 radical (unpaired) electrons. The average molecular weight is 262 g/mol. The van der Waals surface area contributed by atoms with E-state index in [0.717, 1.165) is 0 Å². The predicted octanol–water partition coefficient (Wildman–Crippen LogP) is 2.06. The van der Waals surface area contributed by atoms with Crippen molar-refractivity contribution in [2.45, 2.75) is 0 Å². The van der Waals surface area contributed by atoms with Gasteiger partial charge in [-0.15, -0.1) is 0 Å². The highest BCUT2D eigenvalue weighted by atomic mass is 35.5. The third-order valence-corrected chi connectivity index (χ3v) is 2.88. The minimum absolute atomic E-state index is 0.0517. The summed E-state index contributed by atoms with van der Waals surface area (Å²) in [7, 11) is 0. The fraction of sp³-hybridized carbons (Fsp3) is 0.300. The summed E-state index contributed by atoms with van der Waals surface area (Å²) >= 11 is 11.6. The standard InChI is InChI=1S/C10H9Cl2NO3/c11-7-3-6(4-8(12)10(7)15)13-1-2-16-5-9(13)14/h3-4,15H,1-2,5H2. The zero-order valence-corrected chi connectivity index (χ0v) is 9.75. The van der Waals surface area contributed by atoms with Crippen LogP contribution in [0.15, 0.2) is 12.1 Å². The van der Waals surface area contributed by atoms with E-state index in [2.05, 4.69) is 0 Å². The van der Waals surface area contributed by atoms with Gasteiger partial charge in [0.25, 0.3) is 5.91 Å². The van der Waals surface area contributed by atoms with Gasteiger partial charge in [-0.05, 0) is 12.1 Å². The molecule has 1 aliphatic heterocycles. The van der Waals surface area contributed by atoms with Crippen LogP contribution in [0.25, 0.3) is 0 Å². The highest BCUT2D eigenvalue weighted by Gasteiger charge is 2.21. The lowest BCUT2D eigenvalue weighted by atomic mass is 10.2. The van der Waals surface area contributed by atoms with Crippen molar-refractivity contribution in [2.75, 3.05) is 24.7 Å². The Morgan fingerprint density at radius 1 is 1.31 bits per heavy atom. The molecule has 0 unspecified atom stereocenters. The molecule has 1 aromatic rings. The fourth-order valence-corrected chi connectivity index (χ4v) is 1.97. The van der Waals surface area contributed by atoms with Crippen molar-refractivity contribution in [3.05, 3.63) is 22.2 Å². The maximum atomic E-state index is 11.6. The Kier molecular flexibility index (Phi) is 3.23. The molecule has 86 valence electrons. The Hall–Kier alpha value is -0.970. The van der Waals surface area contributed by atoms with Gasteiger partial charge >= 0.3 is 0 Å². The molecule has 1 N–H and O–H groups in total. The maximum Gasteiger partial charge on any atom is 0.253 e. The van der Waals surface area contributed by atoms with E-state index in [4.69, 9.17) is 27.9 Å². The molecule has 0 aliphatic carbocycles. The minimum atomic E-state index is -0.173. The number of aromatic hydroxyl groups is 1. The number of carbonyl (C=O) groups excluding carboxylic acids is 1. The molecule has 1 aromatic carbocycles. The van der Waals surface area contributed by atoms with Gasteiger partial charge < -0.3 is 14.7 Å². The summed E-state index contributed by atoms with van der Waals surface area (Å²) in [6, 6.07) is 3.01. The van der Waals surface area contributed by atoms with Gasteiger partial charge in [0.1, 0.15) is 6.61 Å². The van der Waals surface area contributed by atoms with Gasteiger partial charge in [0.05, 0.1) is 16.7 Å². The molecule has 4 nitrogen and oxygen atoms in total. The van der Waals surface area contributed by atoms with Crippen LogP contribution >= 0.6 is 23.2 Å². The number of benzene rings is 1. The Morgan fingerprint density at radius 2 is 1.94 bits per heavy atom. The molecule has 1 heterocycles. The van der Waals surface area contributed by atoms with Crippen molar-refractivity contribution in [2.24, 2.45) is 0 Å². The maximum absolute atomic E-state index is 11.6. The highest BCUT2D eigenvalue weighted by molar-refractivity contribution is 6.37. The van der Waals surface area contributed by atoms with Gasteiger partial charge in [0, 0.05) is 12.2 Å². The van der Waals surface area contributed by atoms with Crippen LogP contribution in [0.4, 0.5) is 5.69 Å². The largest absolute Gasteiger partial charge is 0.505 e. The summed E-state index contributed by atoms with van der Waals surface area (Å²) in [5, 5.41) is 9.66. The Bertz CT molecular complexity index is 413. The summed E-state index contributed by atoms with van der Waals surface area (Å²) in [4.78, 5) is 13.1. The first-order valence-corrected chi connectivity index (χ1v) is 5.41. The summed E-state index contributed by atoms with van der Waals surface area (Å²) < 4.78 is 5.01. The van der Waals surface area contributed by atoms with Crippen molar-refractivity contribution in [1.82, 2.24) is 0 Å². The lowest BCUT2D eigenvalue weighted by Crippen LogP contribution is -2.41. The van der Waals surface area contributed by atoms with Crippen LogP contribution in [-0.2, 0) is 9.53 Å². The number of carbonyl (C=O) groups is 1. The Labute approximate surface area is 102 Å². The quantitative estimate of drug-likeness (QED) is 0.842. The molecule has 0 bridgehead atoms. The van der Waals surface area contributed by atoms with E-state index in [1.807, 2.05) is 0 Å². The van der Waals surface area contributed by atoms with Crippen LogP contribution in [0, 0.1) is 0 Å². The first-order chi connectivity index (χ1) is 7.59. The Morgan fingerprint density at radius 3 is 2.50 bits per heavy atom. The van der Waals surface area contributed by atoms with Crippen LogP contribution in [0.3, 0.4) is 0 Å². The normalized spacial score (nSPS) is 16.6. The lowest BCUT2D eigenvalue weighted by Gasteiger charge is -2.27. The number of amides is 1. The van der Waals surface area contributed by atoms with Crippen LogP contribution in [-0.4, -0.2) is 30.8 Å². The molecular weight excluding hydrogens is 253 g/mol. The lowest BCUT2D eigenvalue weighted by molar-refractivity contribution is -0.125. The van der Waals surface area contributed by atoms with E-state index in [1.165, 1.54) is 17.0 Å². The van der Waals surface area contributed by atoms with Gasteiger partial charge in [-0.1, -0.05) is 23.2 Å². The number of anilines is 1. The van der Waals surface area contributed by atoms with E-state index in [-0.39, 0.29) is 28.3 Å². The van der Waals surface area contributed by atoms with Crippen molar-refractivity contribution >= 4 is 34.8 Å². The predicted molar refractivity (Wildman–Crippen MR) is 61.3 cm³/mol. The zero-order chi connectivity index (χ0) is 11.7. The van der Waals surface area contributed by atoms with Crippen LogP contribution in [0.1, 0.15) is 0 Å².